The summed E-state index contributed by atoms with van der Waals surface area (Å²) in [6.45, 7) is 6.00. The molecular weight excluding hydrogens is 203 g/mol. The molecule has 1 unspecified atom stereocenters. The van der Waals surface area contributed by atoms with Gasteiger partial charge >= 0.3 is 0 Å². The van der Waals surface area contributed by atoms with Gasteiger partial charge in [-0.25, -0.2) is 4.39 Å². The van der Waals surface area contributed by atoms with Crippen LogP contribution in [-0.4, -0.2) is 4.57 Å². The van der Waals surface area contributed by atoms with Gasteiger partial charge in [0, 0.05) is 23.2 Å². The van der Waals surface area contributed by atoms with Gasteiger partial charge in [0.05, 0.1) is 5.52 Å². The molecule has 2 aromatic rings. The van der Waals surface area contributed by atoms with E-state index in [-0.39, 0.29) is 17.9 Å². The second-order valence-electron chi connectivity index (χ2n) is 4.50. The van der Waals surface area contributed by atoms with Crippen molar-refractivity contribution < 1.29 is 4.39 Å². The molecule has 1 aromatic heterocycles. The zero-order valence-corrected chi connectivity index (χ0v) is 9.87. The number of halogens is 1. The van der Waals surface area contributed by atoms with Gasteiger partial charge in [0.1, 0.15) is 5.82 Å². The van der Waals surface area contributed by atoms with Crippen molar-refractivity contribution in [1.82, 2.24) is 4.57 Å². The third-order valence-corrected chi connectivity index (χ3v) is 2.82. The van der Waals surface area contributed by atoms with Gasteiger partial charge < -0.3 is 10.3 Å². The largest absolute Gasteiger partial charge is 0.338 e. The minimum absolute atomic E-state index is 0.0887. The highest BCUT2D eigenvalue weighted by Gasteiger charge is 2.16. The summed E-state index contributed by atoms with van der Waals surface area (Å²) in [7, 11) is 0. The summed E-state index contributed by atoms with van der Waals surface area (Å²) >= 11 is 0. The van der Waals surface area contributed by atoms with E-state index < -0.39 is 0 Å². The number of nitrogens with two attached hydrogens (primary N) is 1. The molecule has 1 aromatic carbocycles. The predicted molar refractivity (Wildman–Crippen MR) is 64.9 cm³/mol. The van der Waals surface area contributed by atoms with Gasteiger partial charge in [0.2, 0.25) is 0 Å². The molecule has 0 saturated heterocycles. The number of aromatic nitrogens is 1. The lowest BCUT2D eigenvalue weighted by Gasteiger charge is -2.17. The first-order valence-electron chi connectivity index (χ1n) is 5.57. The quantitative estimate of drug-likeness (QED) is 0.826. The molecule has 1 atom stereocenters. The Hall–Kier alpha value is -1.35. The highest BCUT2D eigenvalue weighted by atomic mass is 19.1. The highest BCUT2D eigenvalue weighted by molar-refractivity contribution is 5.82. The van der Waals surface area contributed by atoms with Gasteiger partial charge in [-0.2, -0.15) is 0 Å². The Balaban J connectivity index is 2.83. The molecule has 0 saturated carbocycles. The van der Waals surface area contributed by atoms with Crippen molar-refractivity contribution in [1.29, 1.82) is 0 Å². The van der Waals surface area contributed by atoms with E-state index in [1.807, 2.05) is 37.5 Å². The minimum atomic E-state index is -0.182. The van der Waals surface area contributed by atoms with Crippen LogP contribution in [0.1, 0.15) is 38.5 Å². The lowest BCUT2D eigenvalue weighted by molar-refractivity contribution is 0.554. The standard InChI is InChI=1S/C13H17FN2/c1-8(2)16-12(9(3)15)7-10-5-4-6-11(14)13(10)16/h4-9H,15H2,1-3H3. The van der Waals surface area contributed by atoms with E-state index in [0.717, 1.165) is 11.1 Å². The SMILES string of the molecule is CC(N)c1cc2cccc(F)c2n1C(C)C. The van der Waals surface area contributed by atoms with Crippen LogP contribution in [0.5, 0.6) is 0 Å². The molecule has 0 aliphatic rings. The smallest absolute Gasteiger partial charge is 0.147 e. The normalized spacial score (nSPS) is 13.6. The Labute approximate surface area is 94.9 Å². The summed E-state index contributed by atoms with van der Waals surface area (Å²) in [5.74, 6) is -0.182. The van der Waals surface area contributed by atoms with Gasteiger partial charge in [0.25, 0.3) is 0 Å². The van der Waals surface area contributed by atoms with Crippen molar-refractivity contribution in [3.05, 3.63) is 35.8 Å². The molecule has 2 nitrogen and oxygen atoms in total. The molecule has 16 heavy (non-hydrogen) atoms. The van der Waals surface area contributed by atoms with Crippen molar-refractivity contribution in [3.63, 3.8) is 0 Å². The van der Waals surface area contributed by atoms with Gasteiger partial charge in [-0.15, -0.1) is 0 Å². The molecule has 0 radical (unpaired) electrons. The summed E-state index contributed by atoms with van der Waals surface area (Å²) in [4.78, 5) is 0. The Morgan fingerprint density at radius 1 is 1.25 bits per heavy atom. The zero-order chi connectivity index (χ0) is 11.9. The Morgan fingerprint density at radius 2 is 1.94 bits per heavy atom. The molecule has 2 N–H and O–H groups in total. The first-order valence-corrected chi connectivity index (χ1v) is 5.57. The van der Waals surface area contributed by atoms with Crippen LogP contribution in [0, 0.1) is 5.82 Å². The molecule has 0 spiro atoms. The average Bonchev–Trinajstić information content (AvgIpc) is 2.58. The second-order valence-corrected chi connectivity index (χ2v) is 4.50. The molecular formula is C13H17FN2. The summed E-state index contributed by atoms with van der Waals surface area (Å²) in [5.41, 5.74) is 7.56. The highest BCUT2D eigenvalue weighted by Crippen LogP contribution is 2.28. The molecule has 0 fully saturated rings. The van der Waals surface area contributed by atoms with Crippen LogP contribution in [0.25, 0.3) is 10.9 Å². The number of rotatable bonds is 2. The maximum Gasteiger partial charge on any atom is 0.147 e. The number of nitrogens with zero attached hydrogens (tertiary/aromatic N) is 1. The van der Waals surface area contributed by atoms with Crippen molar-refractivity contribution >= 4 is 10.9 Å². The molecule has 3 heteroatoms. The zero-order valence-electron chi connectivity index (χ0n) is 9.87. The Bertz CT molecular complexity index is 512. The van der Waals surface area contributed by atoms with Gasteiger partial charge in [-0.1, -0.05) is 12.1 Å². The van der Waals surface area contributed by atoms with Crippen LogP contribution < -0.4 is 5.73 Å². The Kier molecular flexibility index (Phi) is 2.72. The monoisotopic (exact) mass is 220 g/mol. The summed E-state index contributed by atoms with van der Waals surface area (Å²) in [6, 6.07) is 7.23. The summed E-state index contributed by atoms with van der Waals surface area (Å²) < 4.78 is 15.8. The fourth-order valence-corrected chi connectivity index (χ4v) is 2.17. The van der Waals surface area contributed by atoms with Crippen LogP contribution >= 0.6 is 0 Å². The van der Waals surface area contributed by atoms with E-state index in [2.05, 4.69) is 0 Å². The molecule has 0 amide bonds. The number of hydrogen-bond acceptors (Lipinski definition) is 1. The third-order valence-electron chi connectivity index (χ3n) is 2.82. The first-order chi connectivity index (χ1) is 7.52. The summed E-state index contributed by atoms with van der Waals surface area (Å²) in [5, 5.41) is 0.918. The van der Waals surface area contributed by atoms with Crippen LogP contribution in [0.4, 0.5) is 4.39 Å². The molecule has 86 valence electrons. The van der Waals surface area contributed by atoms with Crippen LogP contribution in [-0.2, 0) is 0 Å². The predicted octanol–water partition coefficient (Wildman–Crippen LogP) is 3.38. The van der Waals surface area contributed by atoms with Crippen molar-refractivity contribution in [2.75, 3.05) is 0 Å². The number of fused-ring (bicyclic) bond motifs is 1. The molecule has 0 aliphatic carbocycles. The molecule has 0 bridgehead atoms. The van der Waals surface area contributed by atoms with Gasteiger partial charge in [-0.05, 0) is 32.9 Å². The summed E-state index contributed by atoms with van der Waals surface area (Å²) in [6.07, 6.45) is 0. The number of para-hydroxylation sites is 1. The van der Waals surface area contributed by atoms with Gasteiger partial charge in [0.15, 0.2) is 0 Å². The minimum Gasteiger partial charge on any atom is -0.338 e. The molecule has 1 heterocycles. The topological polar surface area (TPSA) is 30.9 Å². The van der Waals surface area contributed by atoms with Crippen LogP contribution in [0.2, 0.25) is 0 Å². The maximum absolute atomic E-state index is 13.8. The Morgan fingerprint density at radius 3 is 2.50 bits per heavy atom. The van der Waals surface area contributed by atoms with Crippen molar-refractivity contribution in [3.8, 4) is 0 Å². The van der Waals surface area contributed by atoms with E-state index >= 15 is 0 Å². The average molecular weight is 220 g/mol. The van der Waals surface area contributed by atoms with Crippen LogP contribution in [0.3, 0.4) is 0 Å². The lowest BCUT2D eigenvalue weighted by Crippen LogP contribution is -2.14. The van der Waals surface area contributed by atoms with E-state index in [1.165, 1.54) is 6.07 Å². The van der Waals surface area contributed by atoms with E-state index in [0.29, 0.717) is 5.52 Å². The molecule has 2 rings (SSSR count). The van der Waals surface area contributed by atoms with E-state index in [4.69, 9.17) is 5.73 Å². The van der Waals surface area contributed by atoms with E-state index in [9.17, 15) is 4.39 Å². The number of benzene rings is 1. The maximum atomic E-state index is 13.8. The molecule has 0 aliphatic heterocycles. The van der Waals surface area contributed by atoms with Gasteiger partial charge in [-0.3, -0.25) is 0 Å². The lowest BCUT2D eigenvalue weighted by atomic mass is 10.2. The number of hydrogen-bond donors (Lipinski definition) is 1. The third kappa shape index (κ3) is 1.61. The fourth-order valence-electron chi connectivity index (χ4n) is 2.17. The fraction of sp³-hybridized carbons (Fsp3) is 0.385. The second kappa shape index (κ2) is 3.91. The van der Waals surface area contributed by atoms with Crippen molar-refractivity contribution in [2.24, 2.45) is 5.73 Å². The van der Waals surface area contributed by atoms with Crippen molar-refractivity contribution in [2.45, 2.75) is 32.9 Å². The first kappa shape index (κ1) is 11.1. The van der Waals surface area contributed by atoms with E-state index in [1.54, 1.807) is 6.07 Å². The van der Waals surface area contributed by atoms with Crippen LogP contribution in [0.15, 0.2) is 24.3 Å².